The van der Waals surface area contributed by atoms with E-state index in [4.69, 9.17) is 0 Å². The van der Waals surface area contributed by atoms with Gasteiger partial charge in [0, 0.05) is 26.1 Å². The van der Waals surface area contributed by atoms with Gasteiger partial charge in [-0.05, 0) is 50.8 Å². The first-order valence-corrected chi connectivity index (χ1v) is 13.7. The first-order valence-electron chi connectivity index (χ1n) is 11.8. The topological polar surface area (TPSA) is 86.8 Å². The van der Waals surface area contributed by atoms with Crippen molar-refractivity contribution in [2.24, 2.45) is 0 Å². The van der Waals surface area contributed by atoms with E-state index in [0.29, 0.717) is 38.0 Å². The van der Waals surface area contributed by atoms with Gasteiger partial charge in [-0.25, -0.2) is 8.42 Å². The molecule has 0 aliphatic heterocycles. The molecule has 0 bridgehead atoms. The zero-order valence-electron chi connectivity index (χ0n) is 20.7. The molecule has 0 aromatic heterocycles. The number of aryl methyl sites for hydroxylation is 1. The maximum atomic E-state index is 13.3. The van der Waals surface area contributed by atoms with Gasteiger partial charge in [0.15, 0.2) is 0 Å². The lowest BCUT2D eigenvalue weighted by Gasteiger charge is -2.31. The Morgan fingerprint density at radius 2 is 1.62 bits per heavy atom. The average Bonchev–Trinajstić information content (AvgIpc) is 2.80. The van der Waals surface area contributed by atoms with Gasteiger partial charge in [0.25, 0.3) is 0 Å². The van der Waals surface area contributed by atoms with Crippen molar-refractivity contribution in [3.8, 4) is 0 Å². The number of nitrogens with zero attached hydrogens (tertiary/aromatic N) is 2. The molecule has 2 aromatic carbocycles. The molecule has 2 amide bonds. The number of nitrogens with one attached hydrogen (secondary N) is 1. The fraction of sp³-hybridized carbons (Fsp3) is 0.462. The highest BCUT2D eigenvalue weighted by atomic mass is 32.2. The van der Waals surface area contributed by atoms with E-state index in [-0.39, 0.29) is 24.8 Å². The van der Waals surface area contributed by atoms with Gasteiger partial charge in [-0.1, -0.05) is 55.0 Å². The van der Waals surface area contributed by atoms with Crippen LogP contribution in [0.25, 0.3) is 0 Å². The Kier molecular flexibility index (Phi) is 10.6. The van der Waals surface area contributed by atoms with Gasteiger partial charge in [-0.3, -0.25) is 13.9 Å². The maximum absolute atomic E-state index is 13.3. The Bertz CT molecular complexity index is 1020. The lowest BCUT2D eigenvalue weighted by atomic mass is 10.1. The third kappa shape index (κ3) is 8.17. The van der Waals surface area contributed by atoms with E-state index in [1.165, 1.54) is 10.6 Å². The van der Waals surface area contributed by atoms with Crippen LogP contribution in [0.2, 0.25) is 0 Å². The Hall–Kier alpha value is -2.87. The Balaban J connectivity index is 2.12. The summed E-state index contributed by atoms with van der Waals surface area (Å²) in [5, 5.41) is 2.83. The van der Waals surface area contributed by atoms with E-state index in [1.54, 1.807) is 17.0 Å². The summed E-state index contributed by atoms with van der Waals surface area (Å²) < 4.78 is 26.1. The standard InChI is InChI=1S/C26H37N3O4S/c1-5-24(26(31)27-6-2)28(20-18-22-11-8-7-9-12-22)25(30)13-10-19-29(34(4,32)33)23-16-14-21(3)15-17-23/h7-9,11-12,14-17,24H,5-6,10,13,18-20H2,1-4H3,(H,27,31)/t24-/m0/s1. The molecule has 186 valence electrons. The molecule has 1 atom stereocenters. The van der Waals surface area contributed by atoms with Crippen molar-refractivity contribution in [3.05, 3.63) is 65.7 Å². The summed E-state index contributed by atoms with van der Waals surface area (Å²) in [7, 11) is -3.49. The zero-order valence-corrected chi connectivity index (χ0v) is 21.5. The predicted molar refractivity (Wildman–Crippen MR) is 137 cm³/mol. The number of carbonyl (C=O) groups excluding carboxylic acids is 2. The molecule has 2 aromatic rings. The van der Waals surface area contributed by atoms with Gasteiger partial charge >= 0.3 is 0 Å². The highest BCUT2D eigenvalue weighted by Crippen LogP contribution is 2.19. The number of hydrogen-bond acceptors (Lipinski definition) is 4. The highest BCUT2D eigenvalue weighted by Gasteiger charge is 2.28. The third-order valence-corrected chi connectivity index (χ3v) is 6.89. The fourth-order valence-corrected chi connectivity index (χ4v) is 4.87. The molecular weight excluding hydrogens is 450 g/mol. The molecule has 2 rings (SSSR count). The summed E-state index contributed by atoms with van der Waals surface area (Å²) in [6.45, 7) is 6.80. The number of hydrogen-bond donors (Lipinski definition) is 1. The molecule has 8 heteroatoms. The largest absolute Gasteiger partial charge is 0.355 e. The van der Waals surface area contributed by atoms with Gasteiger partial charge in [0.1, 0.15) is 6.04 Å². The molecule has 1 N–H and O–H groups in total. The molecule has 0 saturated carbocycles. The number of anilines is 1. The molecule has 0 radical (unpaired) electrons. The molecule has 0 heterocycles. The second-order valence-corrected chi connectivity index (χ2v) is 10.3. The Morgan fingerprint density at radius 3 is 2.18 bits per heavy atom. The summed E-state index contributed by atoms with van der Waals surface area (Å²) >= 11 is 0. The van der Waals surface area contributed by atoms with Crippen LogP contribution in [0, 0.1) is 6.92 Å². The Morgan fingerprint density at radius 1 is 0.971 bits per heavy atom. The van der Waals surface area contributed by atoms with Crippen molar-refractivity contribution >= 4 is 27.5 Å². The van der Waals surface area contributed by atoms with Crippen LogP contribution in [0.3, 0.4) is 0 Å². The molecule has 34 heavy (non-hydrogen) atoms. The van der Waals surface area contributed by atoms with E-state index >= 15 is 0 Å². The van der Waals surface area contributed by atoms with E-state index in [1.807, 2.05) is 63.2 Å². The van der Waals surface area contributed by atoms with E-state index in [9.17, 15) is 18.0 Å². The number of rotatable bonds is 13. The van der Waals surface area contributed by atoms with Crippen LogP contribution in [0.15, 0.2) is 54.6 Å². The smallest absolute Gasteiger partial charge is 0.242 e. The average molecular weight is 488 g/mol. The highest BCUT2D eigenvalue weighted by molar-refractivity contribution is 7.92. The SMILES string of the molecule is CCNC(=O)[C@H](CC)N(CCc1ccccc1)C(=O)CCCN(c1ccc(C)cc1)S(C)(=O)=O. The van der Waals surface area contributed by atoms with Crippen molar-refractivity contribution in [2.75, 3.05) is 30.2 Å². The number of carbonyl (C=O) groups is 2. The maximum Gasteiger partial charge on any atom is 0.242 e. The van der Waals surface area contributed by atoms with Crippen molar-refractivity contribution in [3.63, 3.8) is 0 Å². The van der Waals surface area contributed by atoms with E-state index < -0.39 is 16.1 Å². The van der Waals surface area contributed by atoms with Crippen LogP contribution in [0.5, 0.6) is 0 Å². The number of amides is 2. The van der Waals surface area contributed by atoms with Crippen molar-refractivity contribution in [1.29, 1.82) is 0 Å². The minimum Gasteiger partial charge on any atom is -0.355 e. The second kappa shape index (κ2) is 13.1. The van der Waals surface area contributed by atoms with Gasteiger partial charge in [-0.15, -0.1) is 0 Å². The van der Waals surface area contributed by atoms with Crippen LogP contribution in [0.4, 0.5) is 5.69 Å². The summed E-state index contributed by atoms with van der Waals surface area (Å²) in [6, 6.07) is 16.6. The monoisotopic (exact) mass is 487 g/mol. The van der Waals surface area contributed by atoms with Crippen LogP contribution in [-0.2, 0) is 26.0 Å². The minimum atomic E-state index is -3.49. The molecule has 0 aliphatic carbocycles. The summed E-state index contributed by atoms with van der Waals surface area (Å²) in [4.78, 5) is 27.6. The molecule has 7 nitrogen and oxygen atoms in total. The van der Waals surface area contributed by atoms with Crippen molar-refractivity contribution < 1.29 is 18.0 Å². The second-order valence-electron chi connectivity index (χ2n) is 8.42. The van der Waals surface area contributed by atoms with Gasteiger partial charge in [-0.2, -0.15) is 0 Å². The lowest BCUT2D eigenvalue weighted by molar-refractivity contribution is -0.140. The number of sulfonamides is 1. The summed E-state index contributed by atoms with van der Waals surface area (Å²) in [5.41, 5.74) is 2.71. The Labute approximate surface area is 204 Å². The summed E-state index contributed by atoms with van der Waals surface area (Å²) in [6.07, 6.45) is 2.82. The van der Waals surface area contributed by atoms with Crippen LogP contribution >= 0.6 is 0 Å². The molecule has 0 fully saturated rings. The first kappa shape index (κ1) is 27.4. The normalized spacial score (nSPS) is 12.1. The quantitative estimate of drug-likeness (QED) is 0.468. The van der Waals surface area contributed by atoms with Crippen LogP contribution in [0.1, 0.15) is 44.2 Å². The molecule has 0 aliphatic rings. The van der Waals surface area contributed by atoms with Crippen molar-refractivity contribution in [1.82, 2.24) is 10.2 Å². The molecule has 0 saturated heterocycles. The molecular formula is C26H37N3O4S. The van der Waals surface area contributed by atoms with Gasteiger partial charge in [0.05, 0.1) is 11.9 Å². The van der Waals surface area contributed by atoms with Crippen LogP contribution in [-0.4, -0.2) is 57.1 Å². The van der Waals surface area contributed by atoms with Gasteiger partial charge in [0.2, 0.25) is 21.8 Å². The zero-order chi connectivity index (χ0) is 25.1. The number of likely N-dealkylation sites (N-methyl/N-ethyl adjacent to an activating group) is 1. The van der Waals surface area contributed by atoms with Crippen molar-refractivity contribution in [2.45, 2.75) is 52.5 Å². The van der Waals surface area contributed by atoms with E-state index in [2.05, 4.69) is 5.32 Å². The summed E-state index contributed by atoms with van der Waals surface area (Å²) in [5.74, 6) is -0.310. The minimum absolute atomic E-state index is 0.147. The van der Waals surface area contributed by atoms with E-state index in [0.717, 1.165) is 11.1 Å². The first-order chi connectivity index (χ1) is 16.2. The third-order valence-electron chi connectivity index (χ3n) is 5.70. The van der Waals surface area contributed by atoms with Gasteiger partial charge < -0.3 is 10.2 Å². The molecule has 0 unspecified atom stereocenters. The fourth-order valence-electron chi connectivity index (χ4n) is 3.90. The lowest BCUT2D eigenvalue weighted by Crippen LogP contribution is -2.50. The number of benzene rings is 2. The van der Waals surface area contributed by atoms with Crippen LogP contribution < -0.4 is 9.62 Å². The molecule has 0 spiro atoms. The predicted octanol–water partition coefficient (Wildman–Crippen LogP) is 3.53.